The molecule has 0 aromatic heterocycles. The zero-order valence-corrected chi connectivity index (χ0v) is 12.5. The molecule has 0 aliphatic carbocycles. The van der Waals surface area contributed by atoms with Crippen molar-refractivity contribution in [3.05, 3.63) is 29.8 Å². The molecule has 6 heteroatoms. The minimum atomic E-state index is -3.45. The van der Waals surface area contributed by atoms with E-state index in [9.17, 15) is 8.42 Å². The molecule has 1 aromatic carbocycles. The van der Waals surface area contributed by atoms with Crippen molar-refractivity contribution in [1.29, 1.82) is 0 Å². The van der Waals surface area contributed by atoms with Gasteiger partial charge in [-0.1, -0.05) is 19.1 Å². The van der Waals surface area contributed by atoms with Crippen LogP contribution in [0.1, 0.15) is 19.4 Å². The van der Waals surface area contributed by atoms with Gasteiger partial charge in [-0.05, 0) is 31.2 Å². The number of hydrogen-bond acceptors (Lipinski definition) is 4. The highest BCUT2D eigenvalue weighted by molar-refractivity contribution is 7.89. The van der Waals surface area contributed by atoms with E-state index < -0.39 is 10.0 Å². The number of rotatable bonds is 8. The summed E-state index contributed by atoms with van der Waals surface area (Å²) in [4.78, 5) is 0.274. The van der Waals surface area contributed by atoms with Gasteiger partial charge in [-0.15, -0.1) is 0 Å². The van der Waals surface area contributed by atoms with Gasteiger partial charge in [0.2, 0.25) is 10.0 Å². The third-order valence-corrected chi connectivity index (χ3v) is 4.22. The van der Waals surface area contributed by atoms with E-state index in [4.69, 9.17) is 4.74 Å². The molecule has 108 valence electrons. The minimum Gasteiger partial charge on any atom is -0.380 e. The lowest BCUT2D eigenvalue weighted by Crippen LogP contribution is -2.31. The van der Waals surface area contributed by atoms with Gasteiger partial charge in [0.05, 0.1) is 11.0 Å². The summed E-state index contributed by atoms with van der Waals surface area (Å²) in [6.07, 6.45) is -0.150. The molecule has 1 aromatic rings. The SMILES string of the molecule is CCNCc1ccc(S(=O)(=O)NCC(C)OC)cc1. The molecule has 0 aliphatic rings. The Morgan fingerprint density at radius 3 is 2.42 bits per heavy atom. The molecule has 0 fully saturated rings. The summed E-state index contributed by atoms with van der Waals surface area (Å²) in [5, 5.41) is 3.19. The van der Waals surface area contributed by atoms with Crippen molar-refractivity contribution < 1.29 is 13.2 Å². The Balaban J connectivity index is 2.68. The summed E-state index contributed by atoms with van der Waals surface area (Å²) < 4.78 is 31.5. The molecule has 5 nitrogen and oxygen atoms in total. The highest BCUT2D eigenvalue weighted by atomic mass is 32.2. The molecule has 1 rings (SSSR count). The Hall–Kier alpha value is -0.950. The summed E-state index contributed by atoms with van der Waals surface area (Å²) in [5.74, 6) is 0. The molecule has 0 amide bonds. The van der Waals surface area contributed by atoms with Gasteiger partial charge >= 0.3 is 0 Å². The van der Waals surface area contributed by atoms with Crippen LogP contribution in [0.3, 0.4) is 0 Å². The summed E-state index contributed by atoms with van der Waals surface area (Å²) in [5.41, 5.74) is 1.06. The van der Waals surface area contributed by atoms with Gasteiger partial charge in [-0.2, -0.15) is 0 Å². The largest absolute Gasteiger partial charge is 0.380 e. The van der Waals surface area contributed by atoms with Crippen LogP contribution in [0.15, 0.2) is 29.2 Å². The molecule has 0 aliphatic heterocycles. The van der Waals surface area contributed by atoms with Crippen LogP contribution >= 0.6 is 0 Å². The van der Waals surface area contributed by atoms with Gasteiger partial charge in [0.25, 0.3) is 0 Å². The van der Waals surface area contributed by atoms with Gasteiger partial charge in [0.1, 0.15) is 0 Å². The molecule has 0 bridgehead atoms. The molecular weight excluding hydrogens is 264 g/mol. The second kappa shape index (κ2) is 7.59. The Morgan fingerprint density at radius 1 is 1.26 bits per heavy atom. The first-order chi connectivity index (χ1) is 8.99. The maximum absolute atomic E-state index is 12.0. The number of ether oxygens (including phenoxy) is 1. The van der Waals surface area contributed by atoms with E-state index in [2.05, 4.69) is 10.0 Å². The first-order valence-electron chi connectivity index (χ1n) is 6.31. The number of sulfonamides is 1. The van der Waals surface area contributed by atoms with Gasteiger partial charge in [0, 0.05) is 20.2 Å². The maximum Gasteiger partial charge on any atom is 0.240 e. The Labute approximate surface area is 115 Å². The van der Waals surface area contributed by atoms with E-state index >= 15 is 0 Å². The van der Waals surface area contributed by atoms with E-state index in [0.717, 1.165) is 18.7 Å². The van der Waals surface area contributed by atoms with Crippen molar-refractivity contribution in [2.45, 2.75) is 31.4 Å². The standard InChI is InChI=1S/C13H22N2O3S/c1-4-14-10-12-5-7-13(8-6-12)19(16,17)15-9-11(2)18-3/h5-8,11,14-15H,4,9-10H2,1-3H3. The number of hydrogen-bond donors (Lipinski definition) is 2. The molecule has 1 unspecified atom stereocenters. The van der Waals surface area contributed by atoms with Crippen molar-refractivity contribution in [3.63, 3.8) is 0 Å². The molecule has 0 radical (unpaired) electrons. The van der Waals surface area contributed by atoms with Gasteiger partial charge < -0.3 is 10.1 Å². The first-order valence-corrected chi connectivity index (χ1v) is 7.80. The van der Waals surface area contributed by atoms with Crippen LogP contribution in [0.25, 0.3) is 0 Å². The second-order valence-corrected chi connectivity index (χ2v) is 6.09. The highest BCUT2D eigenvalue weighted by Gasteiger charge is 2.14. The fraction of sp³-hybridized carbons (Fsp3) is 0.538. The van der Waals surface area contributed by atoms with Crippen LogP contribution in [0.5, 0.6) is 0 Å². The van der Waals surface area contributed by atoms with Gasteiger partial charge in [-0.3, -0.25) is 0 Å². The smallest absolute Gasteiger partial charge is 0.240 e. The number of benzene rings is 1. The topological polar surface area (TPSA) is 67.4 Å². The van der Waals surface area contributed by atoms with Crippen LogP contribution in [-0.4, -0.2) is 34.7 Å². The van der Waals surface area contributed by atoms with E-state index in [-0.39, 0.29) is 17.5 Å². The second-order valence-electron chi connectivity index (χ2n) is 4.32. The zero-order chi connectivity index (χ0) is 14.3. The van der Waals surface area contributed by atoms with Crippen molar-refractivity contribution in [3.8, 4) is 0 Å². The Bertz CT molecular complexity index is 471. The van der Waals surface area contributed by atoms with Crippen LogP contribution in [0.4, 0.5) is 0 Å². The maximum atomic E-state index is 12.0. The zero-order valence-electron chi connectivity index (χ0n) is 11.6. The van der Waals surface area contributed by atoms with Crippen LogP contribution in [0, 0.1) is 0 Å². The summed E-state index contributed by atoms with van der Waals surface area (Å²) in [7, 11) is -1.90. The van der Waals surface area contributed by atoms with Crippen molar-refractivity contribution >= 4 is 10.0 Å². The molecule has 0 spiro atoms. The Morgan fingerprint density at radius 2 is 1.89 bits per heavy atom. The normalized spacial score (nSPS) is 13.4. The molecule has 0 saturated carbocycles. The van der Waals surface area contributed by atoms with Gasteiger partial charge in [-0.25, -0.2) is 13.1 Å². The lowest BCUT2D eigenvalue weighted by Gasteiger charge is -2.11. The quantitative estimate of drug-likeness (QED) is 0.751. The van der Waals surface area contributed by atoms with E-state index in [1.807, 2.05) is 26.0 Å². The van der Waals surface area contributed by atoms with E-state index in [1.54, 1.807) is 19.2 Å². The van der Waals surface area contributed by atoms with Crippen molar-refractivity contribution in [2.24, 2.45) is 0 Å². The van der Waals surface area contributed by atoms with Crippen LogP contribution < -0.4 is 10.0 Å². The fourth-order valence-corrected chi connectivity index (χ4v) is 2.56. The number of methoxy groups -OCH3 is 1. The minimum absolute atomic E-state index is 0.150. The van der Waals surface area contributed by atoms with E-state index in [0.29, 0.717) is 0 Å². The lowest BCUT2D eigenvalue weighted by atomic mass is 10.2. The monoisotopic (exact) mass is 286 g/mol. The fourth-order valence-electron chi connectivity index (χ4n) is 1.45. The molecular formula is C13H22N2O3S. The Kier molecular flexibility index (Phi) is 6.44. The summed E-state index contributed by atoms with van der Waals surface area (Å²) >= 11 is 0. The third-order valence-electron chi connectivity index (χ3n) is 2.78. The highest BCUT2D eigenvalue weighted by Crippen LogP contribution is 2.10. The van der Waals surface area contributed by atoms with E-state index in [1.165, 1.54) is 0 Å². The average molecular weight is 286 g/mol. The van der Waals surface area contributed by atoms with Crippen molar-refractivity contribution in [2.75, 3.05) is 20.2 Å². The lowest BCUT2D eigenvalue weighted by molar-refractivity contribution is 0.122. The molecule has 2 N–H and O–H groups in total. The predicted molar refractivity (Wildman–Crippen MR) is 75.5 cm³/mol. The first kappa shape index (κ1) is 16.1. The van der Waals surface area contributed by atoms with Crippen LogP contribution in [0.2, 0.25) is 0 Å². The summed E-state index contributed by atoms with van der Waals surface area (Å²) in [6.45, 7) is 5.72. The third kappa shape index (κ3) is 5.28. The molecule has 0 saturated heterocycles. The molecule has 19 heavy (non-hydrogen) atoms. The molecule has 1 atom stereocenters. The van der Waals surface area contributed by atoms with Gasteiger partial charge in [0.15, 0.2) is 0 Å². The van der Waals surface area contributed by atoms with Crippen LogP contribution in [-0.2, 0) is 21.3 Å². The average Bonchev–Trinajstić information content (AvgIpc) is 2.43. The molecule has 0 heterocycles. The predicted octanol–water partition coefficient (Wildman–Crippen LogP) is 1.11. The van der Waals surface area contributed by atoms with Crippen molar-refractivity contribution in [1.82, 2.24) is 10.0 Å². The number of nitrogens with one attached hydrogen (secondary N) is 2. The summed E-state index contributed by atoms with van der Waals surface area (Å²) in [6, 6.07) is 6.87.